The van der Waals surface area contributed by atoms with Gasteiger partial charge in [0.15, 0.2) is 0 Å². The Kier molecular flexibility index (Phi) is 4.60. The summed E-state index contributed by atoms with van der Waals surface area (Å²) in [4.78, 5) is 5.96. The van der Waals surface area contributed by atoms with Crippen LogP contribution in [0.2, 0.25) is 0 Å². The van der Waals surface area contributed by atoms with Crippen molar-refractivity contribution < 1.29 is 9.50 Å². The van der Waals surface area contributed by atoms with Gasteiger partial charge in [-0.2, -0.15) is 0 Å². The van der Waals surface area contributed by atoms with Crippen molar-refractivity contribution in [3.05, 3.63) is 65.7 Å². The normalized spacial score (nSPS) is 12.6. The van der Waals surface area contributed by atoms with Crippen molar-refractivity contribution in [1.82, 2.24) is 9.88 Å². The Morgan fingerprint density at radius 3 is 2.63 bits per heavy atom. The molecule has 1 aromatic heterocycles. The van der Waals surface area contributed by atoms with E-state index in [4.69, 9.17) is 0 Å². The van der Waals surface area contributed by atoms with Crippen LogP contribution >= 0.6 is 0 Å². The first-order valence-corrected chi connectivity index (χ1v) is 6.16. The summed E-state index contributed by atoms with van der Waals surface area (Å²) in [6.07, 6.45) is 3.47. The molecule has 0 aliphatic heterocycles. The highest BCUT2D eigenvalue weighted by atomic mass is 19.1. The molecule has 1 heterocycles. The summed E-state index contributed by atoms with van der Waals surface area (Å²) >= 11 is 0. The van der Waals surface area contributed by atoms with E-state index in [0.29, 0.717) is 6.54 Å². The fourth-order valence-electron chi connectivity index (χ4n) is 2.10. The number of nitrogens with zero attached hydrogens (tertiary/aromatic N) is 2. The molecule has 0 aliphatic carbocycles. The third-order valence-corrected chi connectivity index (χ3v) is 3.12. The van der Waals surface area contributed by atoms with Gasteiger partial charge in [0.05, 0.1) is 12.6 Å². The number of halogens is 1. The lowest BCUT2D eigenvalue weighted by atomic mass is 10.1. The summed E-state index contributed by atoms with van der Waals surface area (Å²) in [6, 6.07) is 9.99. The molecular weight excluding hydrogens is 243 g/mol. The number of hydrogen-bond donors (Lipinski definition) is 1. The summed E-state index contributed by atoms with van der Waals surface area (Å²) in [5.74, 6) is -0.284. The van der Waals surface area contributed by atoms with E-state index in [0.717, 1.165) is 11.1 Å². The molecule has 19 heavy (non-hydrogen) atoms. The standard InChI is InChI=1S/C15H17FN2O/c1-18(10-12-5-7-17-8-6-12)15(11-19)13-3-2-4-14(16)9-13/h2-9,15,19H,10-11H2,1H3/t15-/m1/s1. The number of aromatic nitrogens is 1. The fourth-order valence-corrected chi connectivity index (χ4v) is 2.10. The van der Waals surface area contributed by atoms with Crippen LogP contribution in [0.15, 0.2) is 48.8 Å². The maximum absolute atomic E-state index is 13.2. The molecule has 4 heteroatoms. The molecule has 0 amide bonds. The highest BCUT2D eigenvalue weighted by Crippen LogP contribution is 2.21. The van der Waals surface area contributed by atoms with Crippen LogP contribution in [0.1, 0.15) is 17.2 Å². The SMILES string of the molecule is CN(Cc1ccncc1)[C@H](CO)c1cccc(F)c1. The first-order chi connectivity index (χ1) is 9.20. The van der Waals surface area contributed by atoms with E-state index in [1.165, 1.54) is 12.1 Å². The summed E-state index contributed by atoms with van der Waals surface area (Å²) in [6.45, 7) is 0.620. The van der Waals surface area contributed by atoms with Crippen LogP contribution in [-0.4, -0.2) is 28.6 Å². The number of benzene rings is 1. The molecule has 100 valence electrons. The Morgan fingerprint density at radius 1 is 1.26 bits per heavy atom. The van der Waals surface area contributed by atoms with Crippen LogP contribution in [0.5, 0.6) is 0 Å². The van der Waals surface area contributed by atoms with Gasteiger partial charge in [0.2, 0.25) is 0 Å². The molecule has 0 spiro atoms. The second kappa shape index (κ2) is 6.41. The van der Waals surface area contributed by atoms with Crippen LogP contribution in [-0.2, 0) is 6.54 Å². The quantitative estimate of drug-likeness (QED) is 0.896. The zero-order valence-electron chi connectivity index (χ0n) is 10.8. The minimum atomic E-state index is -0.284. The van der Waals surface area contributed by atoms with Gasteiger partial charge in [-0.05, 0) is 42.4 Å². The molecule has 3 nitrogen and oxygen atoms in total. The summed E-state index contributed by atoms with van der Waals surface area (Å²) in [5.41, 5.74) is 1.88. The van der Waals surface area contributed by atoms with Crippen molar-refractivity contribution in [2.75, 3.05) is 13.7 Å². The molecule has 1 N–H and O–H groups in total. The molecule has 0 radical (unpaired) electrons. The molecule has 2 aromatic rings. The first kappa shape index (κ1) is 13.6. The lowest BCUT2D eigenvalue weighted by Gasteiger charge is -2.26. The predicted molar refractivity (Wildman–Crippen MR) is 71.9 cm³/mol. The van der Waals surface area contributed by atoms with Crippen LogP contribution in [0, 0.1) is 5.82 Å². The average Bonchev–Trinajstić information content (AvgIpc) is 2.41. The van der Waals surface area contributed by atoms with Crippen LogP contribution < -0.4 is 0 Å². The van der Waals surface area contributed by atoms with E-state index in [1.807, 2.05) is 30.1 Å². The Labute approximate surface area is 112 Å². The average molecular weight is 260 g/mol. The zero-order valence-corrected chi connectivity index (χ0v) is 10.8. The van der Waals surface area contributed by atoms with Crippen LogP contribution in [0.4, 0.5) is 4.39 Å². The monoisotopic (exact) mass is 260 g/mol. The molecule has 0 fully saturated rings. The number of hydrogen-bond acceptors (Lipinski definition) is 3. The van der Waals surface area contributed by atoms with Crippen molar-refractivity contribution in [3.63, 3.8) is 0 Å². The maximum atomic E-state index is 13.2. The van der Waals surface area contributed by atoms with Crippen molar-refractivity contribution >= 4 is 0 Å². The second-order valence-corrected chi connectivity index (χ2v) is 4.52. The minimum Gasteiger partial charge on any atom is -0.394 e. The van der Waals surface area contributed by atoms with Gasteiger partial charge in [-0.25, -0.2) is 4.39 Å². The smallest absolute Gasteiger partial charge is 0.123 e. The Bertz CT molecular complexity index is 519. The van der Waals surface area contributed by atoms with E-state index >= 15 is 0 Å². The van der Waals surface area contributed by atoms with E-state index in [9.17, 15) is 9.50 Å². The fraction of sp³-hybridized carbons (Fsp3) is 0.267. The summed E-state index contributed by atoms with van der Waals surface area (Å²) in [5, 5.41) is 9.54. The van der Waals surface area contributed by atoms with Gasteiger partial charge in [0, 0.05) is 18.9 Å². The first-order valence-electron chi connectivity index (χ1n) is 6.16. The number of aliphatic hydroxyl groups excluding tert-OH is 1. The molecule has 0 bridgehead atoms. The van der Waals surface area contributed by atoms with E-state index in [-0.39, 0.29) is 18.5 Å². The van der Waals surface area contributed by atoms with Crippen molar-refractivity contribution in [2.24, 2.45) is 0 Å². The zero-order chi connectivity index (χ0) is 13.7. The summed E-state index contributed by atoms with van der Waals surface area (Å²) < 4.78 is 13.2. The molecule has 1 atom stereocenters. The lowest BCUT2D eigenvalue weighted by molar-refractivity contribution is 0.142. The number of likely N-dealkylation sites (N-methyl/N-ethyl adjacent to an activating group) is 1. The van der Waals surface area contributed by atoms with Gasteiger partial charge in [-0.15, -0.1) is 0 Å². The van der Waals surface area contributed by atoms with E-state index in [2.05, 4.69) is 4.98 Å². The third-order valence-electron chi connectivity index (χ3n) is 3.12. The molecule has 1 aromatic carbocycles. The molecule has 0 saturated carbocycles. The molecule has 2 rings (SSSR count). The van der Waals surface area contributed by atoms with E-state index < -0.39 is 0 Å². The molecule has 0 aliphatic rings. The Morgan fingerprint density at radius 2 is 2.00 bits per heavy atom. The van der Waals surface area contributed by atoms with Gasteiger partial charge in [0.25, 0.3) is 0 Å². The van der Waals surface area contributed by atoms with Crippen molar-refractivity contribution in [3.8, 4) is 0 Å². The van der Waals surface area contributed by atoms with Gasteiger partial charge in [-0.1, -0.05) is 12.1 Å². The molecular formula is C15H17FN2O. The van der Waals surface area contributed by atoms with Gasteiger partial charge in [0.1, 0.15) is 5.82 Å². The highest BCUT2D eigenvalue weighted by Gasteiger charge is 2.16. The van der Waals surface area contributed by atoms with Gasteiger partial charge >= 0.3 is 0 Å². The second-order valence-electron chi connectivity index (χ2n) is 4.52. The topological polar surface area (TPSA) is 36.4 Å². The lowest BCUT2D eigenvalue weighted by Crippen LogP contribution is -2.27. The van der Waals surface area contributed by atoms with Gasteiger partial charge < -0.3 is 5.11 Å². The maximum Gasteiger partial charge on any atom is 0.123 e. The predicted octanol–water partition coefficient (Wildman–Crippen LogP) is 2.39. The third kappa shape index (κ3) is 3.59. The van der Waals surface area contributed by atoms with Crippen LogP contribution in [0.3, 0.4) is 0 Å². The molecule has 0 unspecified atom stereocenters. The van der Waals surface area contributed by atoms with Crippen LogP contribution in [0.25, 0.3) is 0 Å². The van der Waals surface area contributed by atoms with Gasteiger partial charge in [-0.3, -0.25) is 9.88 Å². The van der Waals surface area contributed by atoms with E-state index in [1.54, 1.807) is 18.5 Å². The summed E-state index contributed by atoms with van der Waals surface area (Å²) in [7, 11) is 1.91. The Balaban J connectivity index is 2.13. The van der Waals surface area contributed by atoms with Crippen molar-refractivity contribution in [1.29, 1.82) is 0 Å². The minimum absolute atomic E-state index is 0.0506. The van der Waals surface area contributed by atoms with Crippen molar-refractivity contribution in [2.45, 2.75) is 12.6 Å². The number of rotatable bonds is 5. The molecule has 0 saturated heterocycles. The number of aliphatic hydroxyl groups is 1. The number of pyridine rings is 1. The highest BCUT2D eigenvalue weighted by molar-refractivity contribution is 5.21. The Hall–Kier alpha value is -1.78. The largest absolute Gasteiger partial charge is 0.394 e.